The Bertz CT molecular complexity index is 141. The van der Waals surface area contributed by atoms with Crippen LogP contribution in [0.15, 0.2) is 0 Å². The van der Waals surface area contributed by atoms with Gasteiger partial charge in [-0.05, 0) is 38.6 Å². The minimum absolute atomic E-state index is 0.0533. The van der Waals surface area contributed by atoms with E-state index in [1.807, 2.05) is 6.92 Å². The van der Waals surface area contributed by atoms with Crippen LogP contribution in [-0.2, 0) is 4.74 Å². The monoisotopic (exact) mass is 201 g/mol. The van der Waals surface area contributed by atoms with E-state index in [2.05, 4.69) is 5.32 Å². The van der Waals surface area contributed by atoms with Crippen LogP contribution in [0.25, 0.3) is 0 Å². The molecule has 1 rings (SSSR count). The Hall–Kier alpha value is -0.120. The molecule has 2 atom stereocenters. The Morgan fingerprint density at radius 3 is 3.00 bits per heavy atom. The van der Waals surface area contributed by atoms with Gasteiger partial charge in [0.15, 0.2) is 0 Å². The van der Waals surface area contributed by atoms with Crippen LogP contribution in [0.2, 0.25) is 0 Å². The van der Waals surface area contributed by atoms with E-state index in [0.29, 0.717) is 5.92 Å². The lowest BCUT2D eigenvalue weighted by Crippen LogP contribution is -2.31. The van der Waals surface area contributed by atoms with Crippen LogP contribution in [0, 0.1) is 5.92 Å². The van der Waals surface area contributed by atoms with Crippen molar-refractivity contribution < 1.29 is 9.84 Å². The summed E-state index contributed by atoms with van der Waals surface area (Å²) in [5.41, 5.74) is 0. The van der Waals surface area contributed by atoms with Gasteiger partial charge in [0.1, 0.15) is 0 Å². The Labute approximate surface area is 86.8 Å². The number of rotatable bonds is 6. The van der Waals surface area contributed by atoms with Crippen LogP contribution >= 0.6 is 0 Å². The van der Waals surface area contributed by atoms with Gasteiger partial charge in [0.25, 0.3) is 0 Å². The fourth-order valence-corrected chi connectivity index (χ4v) is 2.04. The topological polar surface area (TPSA) is 41.5 Å². The highest BCUT2D eigenvalue weighted by Gasteiger charge is 2.19. The molecule has 0 saturated heterocycles. The van der Waals surface area contributed by atoms with E-state index in [1.165, 1.54) is 12.8 Å². The van der Waals surface area contributed by atoms with Crippen LogP contribution in [0.5, 0.6) is 0 Å². The van der Waals surface area contributed by atoms with Gasteiger partial charge in [-0.2, -0.15) is 0 Å². The normalized spacial score (nSPS) is 27.9. The molecule has 0 amide bonds. The van der Waals surface area contributed by atoms with Crippen molar-refractivity contribution in [3.63, 3.8) is 0 Å². The SMILES string of the molecule is CCOCCNCC1CCCC(O)C1. The lowest BCUT2D eigenvalue weighted by molar-refractivity contribution is 0.0986. The van der Waals surface area contributed by atoms with E-state index in [0.717, 1.165) is 39.1 Å². The van der Waals surface area contributed by atoms with Crippen molar-refractivity contribution in [3.8, 4) is 0 Å². The van der Waals surface area contributed by atoms with Gasteiger partial charge in [-0.3, -0.25) is 0 Å². The van der Waals surface area contributed by atoms with Crippen LogP contribution in [0.3, 0.4) is 0 Å². The summed E-state index contributed by atoms with van der Waals surface area (Å²) in [7, 11) is 0. The number of hydrogen-bond donors (Lipinski definition) is 2. The standard InChI is InChI=1S/C11H23NO2/c1-2-14-7-6-12-9-10-4-3-5-11(13)8-10/h10-13H,2-9H2,1H3. The van der Waals surface area contributed by atoms with Crippen LogP contribution in [0.1, 0.15) is 32.6 Å². The Kier molecular flexibility index (Phi) is 6.15. The second-order valence-electron chi connectivity index (χ2n) is 4.09. The first kappa shape index (κ1) is 12.0. The number of nitrogens with one attached hydrogen (secondary N) is 1. The van der Waals surface area contributed by atoms with Gasteiger partial charge in [0.2, 0.25) is 0 Å². The third-order valence-electron chi connectivity index (χ3n) is 2.82. The van der Waals surface area contributed by atoms with Gasteiger partial charge in [0, 0.05) is 13.2 Å². The molecule has 2 unspecified atom stereocenters. The van der Waals surface area contributed by atoms with Crippen molar-refractivity contribution in [3.05, 3.63) is 0 Å². The average molecular weight is 201 g/mol. The molecule has 0 radical (unpaired) electrons. The molecule has 1 fully saturated rings. The maximum atomic E-state index is 9.47. The molecule has 2 N–H and O–H groups in total. The first-order valence-electron chi connectivity index (χ1n) is 5.79. The molecule has 14 heavy (non-hydrogen) atoms. The molecule has 84 valence electrons. The summed E-state index contributed by atoms with van der Waals surface area (Å²) in [5.74, 6) is 0.667. The predicted molar refractivity (Wildman–Crippen MR) is 57.3 cm³/mol. The first-order valence-corrected chi connectivity index (χ1v) is 5.79. The second-order valence-corrected chi connectivity index (χ2v) is 4.09. The van der Waals surface area contributed by atoms with Gasteiger partial charge in [-0.25, -0.2) is 0 Å². The molecule has 0 bridgehead atoms. The molecule has 0 spiro atoms. The molecule has 1 aliphatic rings. The molecular formula is C11H23NO2. The van der Waals surface area contributed by atoms with E-state index in [4.69, 9.17) is 4.74 Å². The number of aliphatic hydroxyl groups excluding tert-OH is 1. The number of ether oxygens (including phenoxy) is 1. The minimum Gasteiger partial charge on any atom is -0.393 e. The minimum atomic E-state index is -0.0533. The van der Waals surface area contributed by atoms with Gasteiger partial charge in [-0.15, -0.1) is 0 Å². The molecule has 3 heteroatoms. The smallest absolute Gasteiger partial charge is 0.0590 e. The molecule has 0 heterocycles. The van der Waals surface area contributed by atoms with Crippen molar-refractivity contribution in [2.24, 2.45) is 5.92 Å². The fourth-order valence-electron chi connectivity index (χ4n) is 2.04. The molecule has 1 aliphatic carbocycles. The summed E-state index contributed by atoms with van der Waals surface area (Å²) in [6.07, 6.45) is 4.36. The summed E-state index contributed by atoms with van der Waals surface area (Å²) in [6, 6.07) is 0. The van der Waals surface area contributed by atoms with Gasteiger partial charge < -0.3 is 15.2 Å². The van der Waals surface area contributed by atoms with Crippen LogP contribution < -0.4 is 5.32 Å². The molecule has 0 aliphatic heterocycles. The van der Waals surface area contributed by atoms with Crippen LogP contribution in [0.4, 0.5) is 0 Å². The van der Waals surface area contributed by atoms with Crippen molar-refractivity contribution in [2.45, 2.75) is 38.7 Å². The molecule has 3 nitrogen and oxygen atoms in total. The van der Waals surface area contributed by atoms with Gasteiger partial charge in [0.05, 0.1) is 12.7 Å². The van der Waals surface area contributed by atoms with Crippen molar-refractivity contribution in [1.29, 1.82) is 0 Å². The quantitative estimate of drug-likeness (QED) is 0.634. The van der Waals surface area contributed by atoms with Gasteiger partial charge in [-0.1, -0.05) is 6.42 Å². The second kappa shape index (κ2) is 7.21. The summed E-state index contributed by atoms with van der Waals surface area (Å²) in [6.45, 7) is 5.57. The lowest BCUT2D eigenvalue weighted by atomic mass is 9.87. The highest BCUT2D eigenvalue weighted by atomic mass is 16.5. The maximum Gasteiger partial charge on any atom is 0.0590 e. The van der Waals surface area contributed by atoms with Crippen LogP contribution in [-0.4, -0.2) is 37.5 Å². The zero-order valence-electron chi connectivity index (χ0n) is 9.17. The largest absolute Gasteiger partial charge is 0.393 e. The fraction of sp³-hybridized carbons (Fsp3) is 1.00. The molecular weight excluding hydrogens is 178 g/mol. The number of hydrogen-bond acceptors (Lipinski definition) is 3. The van der Waals surface area contributed by atoms with Crippen molar-refractivity contribution in [2.75, 3.05) is 26.3 Å². The van der Waals surface area contributed by atoms with E-state index >= 15 is 0 Å². The summed E-state index contributed by atoms with van der Waals surface area (Å²) in [4.78, 5) is 0. The predicted octanol–water partition coefficient (Wildman–Crippen LogP) is 1.16. The van der Waals surface area contributed by atoms with E-state index in [1.54, 1.807) is 0 Å². The highest BCUT2D eigenvalue weighted by Crippen LogP contribution is 2.23. The molecule has 0 aromatic rings. The zero-order chi connectivity index (χ0) is 10.2. The van der Waals surface area contributed by atoms with Gasteiger partial charge >= 0.3 is 0 Å². The average Bonchev–Trinajstić information content (AvgIpc) is 2.18. The third-order valence-corrected chi connectivity index (χ3v) is 2.82. The summed E-state index contributed by atoms with van der Waals surface area (Å²) < 4.78 is 5.23. The first-order chi connectivity index (χ1) is 6.83. The zero-order valence-corrected chi connectivity index (χ0v) is 9.17. The van der Waals surface area contributed by atoms with E-state index in [-0.39, 0.29) is 6.10 Å². The summed E-state index contributed by atoms with van der Waals surface area (Å²) in [5, 5.41) is 12.8. The number of aliphatic hydroxyl groups is 1. The third kappa shape index (κ3) is 4.94. The van der Waals surface area contributed by atoms with Crippen molar-refractivity contribution in [1.82, 2.24) is 5.32 Å². The molecule has 1 saturated carbocycles. The molecule has 0 aromatic heterocycles. The van der Waals surface area contributed by atoms with E-state index in [9.17, 15) is 5.11 Å². The summed E-state index contributed by atoms with van der Waals surface area (Å²) >= 11 is 0. The Morgan fingerprint density at radius 2 is 2.29 bits per heavy atom. The highest BCUT2D eigenvalue weighted by molar-refractivity contribution is 4.73. The van der Waals surface area contributed by atoms with E-state index < -0.39 is 0 Å². The maximum absolute atomic E-state index is 9.47. The lowest BCUT2D eigenvalue weighted by Gasteiger charge is -2.25. The molecule has 0 aromatic carbocycles. The Morgan fingerprint density at radius 1 is 1.43 bits per heavy atom. The Balaban J connectivity index is 1.95. The van der Waals surface area contributed by atoms with Crippen molar-refractivity contribution >= 4 is 0 Å².